The van der Waals surface area contributed by atoms with Gasteiger partial charge in [-0.05, 0) is 73.5 Å². The monoisotopic (exact) mass is 224 g/mol. The van der Waals surface area contributed by atoms with Gasteiger partial charge in [0.1, 0.15) is 0 Å². The maximum Gasteiger partial charge on any atom is -0.0260 e. The van der Waals surface area contributed by atoms with Gasteiger partial charge < -0.3 is 0 Å². The van der Waals surface area contributed by atoms with Crippen LogP contribution in [0.4, 0.5) is 0 Å². The van der Waals surface area contributed by atoms with Crippen LogP contribution >= 0.6 is 8.58 Å². The van der Waals surface area contributed by atoms with E-state index < -0.39 is 0 Å². The predicted molar refractivity (Wildman–Crippen MR) is 68.8 cm³/mol. The van der Waals surface area contributed by atoms with Crippen LogP contribution < -0.4 is 0 Å². The summed E-state index contributed by atoms with van der Waals surface area (Å²) in [6.07, 6.45) is 7.75. The van der Waals surface area contributed by atoms with Crippen molar-refractivity contribution >= 4 is 8.58 Å². The lowest BCUT2D eigenvalue weighted by atomic mass is 9.63. The van der Waals surface area contributed by atoms with Gasteiger partial charge in [-0.25, -0.2) is 0 Å². The van der Waals surface area contributed by atoms with E-state index in [1.54, 1.807) is 19.0 Å². The first-order chi connectivity index (χ1) is 7.16. The average molecular weight is 224 g/mol. The van der Waals surface area contributed by atoms with E-state index in [1.165, 1.54) is 21.4 Å². The van der Waals surface area contributed by atoms with Crippen molar-refractivity contribution in [2.75, 3.05) is 12.8 Å². The Morgan fingerprint density at radius 2 is 2.13 bits per heavy atom. The Hall–Kier alpha value is 0.430. The summed E-state index contributed by atoms with van der Waals surface area (Å²) < 4.78 is 0. The molecule has 0 heterocycles. The molecule has 0 saturated heterocycles. The highest BCUT2D eigenvalue weighted by atomic mass is 31.1. The van der Waals surface area contributed by atoms with Crippen LogP contribution in [0.25, 0.3) is 0 Å². The smallest absolute Gasteiger partial charge is 0.0260 e. The Bertz CT molecular complexity index is 258. The number of hydrogen-bond acceptors (Lipinski definition) is 0. The standard InChI is InChI=1S/C14H25P/c1-9(10-4-5-10)6-12-11(8-15-3)13-7-14(12,13)2/h9-13,15H,4-8H2,1-3H3. The van der Waals surface area contributed by atoms with E-state index in [9.17, 15) is 0 Å². The maximum absolute atomic E-state index is 2.57. The molecule has 0 nitrogen and oxygen atoms in total. The molecule has 0 aromatic heterocycles. The molecular formula is C14H25P. The van der Waals surface area contributed by atoms with Gasteiger partial charge in [-0.1, -0.05) is 13.8 Å². The highest BCUT2D eigenvalue weighted by molar-refractivity contribution is 7.37. The molecule has 3 rings (SSSR count). The molecule has 3 fully saturated rings. The highest BCUT2D eigenvalue weighted by Crippen LogP contribution is 2.76. The molecule has 3 aliphatic carbocycles. The molecule has 0 amide bonds. The van der Waals surface area contributed by atoms with Crippen molar-refractivity contribution in [1.82, 2.24) is 0 Å². The van der Waals surface area contributed by atoms with E-state index in [1.807, 2.05) is 0 Å². The molecule has 0 radical (unpaired) electrons. The van der Waals surface area contributed by atoms with E-state index in [4.69, 9.17) is 0 Å². The van der Waals surface area contributed by atoms with E-state index in [2.05, 4.69) is 20.5 Å². The fourth-order valence-corrected chi connectivity index (χ4v) is 5.40. The molecule has 15 heavy (non-hydrogen) atoms. The molecule has 86 valence electrons. The summed E-state index contributed by atoms with van der Waals surface area (Å²) in [4.78, 5) is 0. The zero-order chi connectivity index (χ0) is 10.6. The highest BCUT2D eigenvalue weighted by Gasteiger charge is 2.69. The van der Waals surface area contributed by atoms with Gasteiger partial charge in [0.2, 0.25) is 0 Å². The maximum atomic E-state index is 2.57. The Labute approximate surface area is 96.4 Å². The second kappa shape index (κ2) is 3.46. The number of hydrogen-bond donors (Lipinski definition) is 0. The van der Waals surface area contributed by atoms with Crippen molar-refractivity contribution < 1.29 is 0 Å². The minimum absolute atomic E-state index is 0.827. The molecule has 6 unspecified atom stereocenters. The van der Waals surface area contributed by atoms with E-state index in [-0.39, 0.29) is 0 Å². The van der Waals surface area contributed by atoms with Crippen molar-refractivity contribution in [2.45, 2.75) is 39.5 Å². The normalized spacial score (nSPS) is 50.2. The largest absolute Gasteiger partial charge is 0.125 e. The molecule has 0 N–H and O–H groups in total. The lowest BCUT2D eigenvalue weighted by Crippen LogP contribution is -2.39. The van der Waals surface area contributed by atoms with Gasteiger partial charge in [-0.3, -0.25) is 0 Å². The van der Waals surface area contributed by atoms with Gasteiger partial charge in [-0.2, -0.15) is 0 Å². The van der Waals surface area contributed by atoms with Crippen LogP contribution in [0.1, 0.15) is 39.5 Å². The van der Waals surface area contributed by atoms with Gasteiger partial charge in [0, 0.05) is 0 Å². The minimum atomic E-state index is 0.827. The van der Waals surface area contributed by atoms with E-state index in [0.717, 1.165) is 35.0 Å². The van der Waals surface area contributed by atoms with Crippen LogP contribution in [0.2, 0.25) is 0 Å². The van der Waals surface area contributed by atoms with Crippen molar-refractivity contribution in [2.24, 2.45) is 35.0 Å². The lowest BCUT2D eigenvalue weighted by molar-refractivity contribution is 0.0644. The Kier molecular flexibility index (Phi) is 2.44. The first-order valence-corrected chi connectivity index (χ1v) is 8.52. The van der Waals surface area contributed by atoms with Crippen molar-refractivity contribution in [1.29, 1.82) is 0 Å². The van der Waals surface area contributed by atoms with Gasteiger partial charge in [0.05, 0.1) is 0 Å². The zero-order valence-electron chi connectivity index (χ0n) is 10.4. The minimum Gasteiger partial charge on any atom is -0.125 e. The van der Waals surface area contributed by atoms with Crippen molar-refractivity contribution in [3.63, 3.8) is 0 Å². The van der Waals surface area contributed by atoms with Gasteiger partial charge in [0.15, 0.2) is 0 Å². The third-order valence-electron chi connectivity index (χ3n) is 5.72. The average Bonchev–Trinajstić information content (AvgIpc) is 3.08. The van der Waals surface area contributed by atoms with Crippen LogP contribution in [0.3, 0.4) is 0 Å². The Morgan fingerprint density at radius 1 is 1.40 bits per heavy atom. The summed E-state index contributed by atoms with van der Waals surface area (Å²) in [6.45, 7) is 7.47. The number of fused-ring (bicyclic) bond motifs is 1. The second-order valence-corrected chi connectivity index (χ2v) is 7.81. The van der Waals surface area contributed by atoms with Gasteiger partial charge >= 0.3 is 0 Å². The van der Waals surface area contributed by atoms with Crippen LogP contribution in [-0.4, -0.2) is 12.8 Å². The third-order valence-corrected chi connectivity index (χ3v) is 6.60. The van der Waals surface area contributed by atoms with E-state index >= 15 is 0 Å². The first kappa shape index (κ1) is 10.6. The quantitative estimate of drug-likeness (QED) is 0.619. The van der Waals surface area contributed by atoms with E-state index in [0.29, 0.717) is 0 Å². The second-order valence-electron chi connectivity index (χ2n) is 6.69. The SMILES string of the molecule is CPCC1C(CC(C)C2CC2)C2(C)CC12. The number of rotatable bonds is 5. The molecule has 1 heteroatoms. The summed E-state index contributed by atoms with van der Waals surface area (Å²) in [6, 6.07) is 0. The molecule has 0 aliphatic heterocycles. The Balaban J connectivity index is 1.58. The summed E-state index contributed by atoms with van der Waals surface area (Å²) in [5, 5.41) is 0. The van der Waals surface area contributed by atoms with Crippen molar-refractivity contribution in [3.05, 3.63) is 0 Å². The molecule has 0 bridgehead atoms. The lowest BCUT2D eigenvalue weighted by Gasteiger charge is -2.44. The fourth-order valence-electron chi connectivity index (χ4n) is 4.36. The fraction of sp³-hybridized carbons (Fsp3) is 1.00. The van der Waals surface area contributed by atoms with Crippen LogP contribution in [0, 0.1) is 35.0 Å². The summed E-state index contributed by atoms with van der Waals surface area (Å²) in [5.74, 6) is 5.57. The summed E-state index contributed by atoms with van der Waals surface area (Å²) in [5.41, 5.74) is 0.827. The topological polar surface area (TPSA) is 0 Å². The molecule has 6 atom stereocenters. The van der Waals surface area contributed by atoms with Crippen LogP contribution in [0.15, 0.2) is 0 Å². The third kappa shape index (κ3) is 1.59. The van der Waals surface area contributed by atoms with Crippen LogP contribution in [-0.2, 0) is 0 Å². The van der Waals surface area contributed by atoms with Crippen LogP contribution in [0.5, 0.6) is 0 Å². The van der Waals surface area contributed by atoms with Crippen molar-refractivity contribution in [3.8, 4) is 0 Å². The summed E-state index contributed by atoms with van der Waals surface area (Å²) in [7, 11) is 1.19. The summed E-state index contributed by atoms with van der Waals surface area (Å²) >= 11 is 0. The van der Waals surface area contributed by atoms with Gasteiger partial charge in [0.25, 0.3) is 0 Å². The Morgan fingerprint density at radius 3 is 2.73 bits per heavy atom. The molecule has 3 aliphatic rings. The van der Waals surface area contributed by atoms with Gasteiger partial charge in [-0.15, -0.1) is 8.58 Å². The molecule has 0 aromatic carbocycles. The molecular weight excluding hydrogens is 199 g/mol. The predicted octanol–water partition coefficient (Wildman–Crippen LogP) is 4.00. The molecule has 0 aromatic rings. The molecule has 3 saturated carbocycles. The first-order valence-electron chi connectivity index (χ1n) is 6.81. The molecule has 0 spiro atoms. The zero-order valence-corrected chi connectivity index (χ0v) is 11.4.